The number of benzene rings is 8. The van der Waals surface area contributed by atoms with Crippen LogP contribution in [-0.4, -0.2) is 7.28 Å². The summed E-state index contributed by atoms with van der Waals surface area (Å²) in [6, 6.07) is 59.1. The topological polar surface area (TPSA) is 37.0 Å². The Bertz CT molecular complexity index is 3230. The van der Waals surface area contributed by atoms with Gasteiger partial charge in [0.25, 0.3) is 0 Å². The Labute approximate surface area is 389 Å². The Balaban J connectivity index is 1.18. The first-order valence-corrected chi connectivity index (χ1v) is 23.4. The molecule has 3 aliphatic heterocycles. The van der Waals surface area contributed by atoms with Crippen LogP contribution < -0.4 is 35.5 Å². The molecule has 8 aromatic carbocycles. The lowest BCUT2D eigenvalue weighted by Crippen LogP contribution is -2.42. The normalized spacial score (nSPS) is 16.2. The number of hydrogen-bond donors (Lipinski definition) is 1. The maximum atomic E-state index is 6.86. The molecule has 6 heteroatoms. The van der Waals surface area contributed by atoms with E-state index in [0.29, 0.717) is 0 Å². The van der Waals surface area contributed by atoms with Gasteiger partial charge in [0, 0.05) is 56.2 Å². The zero-order valence-electron chi connectivity index (χ0n) is 38.8. The summed E-state index contributed by atoms with van der Waals surface area (Å²) in [5.41, 5.74) is 19.1. The molecule has 0 atom stereocenters. The molecule has 12 rings (SSSR count). The van der Waals surface area contributed by atoms with E-state index < -0.39 is 0 Å². The van der Waals surface area contributed by atoms with Gasteiger partial charge in [-0.05, 0) is 137 Å². The van der Waals surface area contributed by atoms with E-state index in [-0.39, 0.29) is 16.2 Å². The van der Waals surface area contributed by atoms with Crippen LogP contribution >= 0.6 is 0 Å². The Kier molecular flexibility index (Phi) is 8.97. The maximum absolute atomic E-state index is 6.86. The standard InChI is InChI=1S/C60H53BN3O2/c1-37-31-44-45(59(4,5)30-29-58(44,2)3)34-49(37)64-50-35-46-55(65-52-26-16-14-24-43(52)60(46,6)7)36-47(50)61-56-42(41-23-18-28-54-57(41)62-48-25-15-17-27-53(48)66-54)32-40(33-51(56)64)63(38-19-10-8-11-20-38)39-21-12-9-13-22-39/h8-28,31-36,62H,29-30H2,1-7H3. The Morgan fingerprint density at radius 2 is 1.11 bits per heavy atom. The van der Waals surface area contributed by atoms with Crippen LogP contribution in [0, 0.1) is 6.92 Å². The third kappa shape index (κ3) is 6.29. The zero-order chi connectivity index (χ0) is 45.1. The molecule has 0 bridgehead atoms. The monoisotopic (exact) mass is 858 g/mol. The maximum Gasteiger partial charge on any atom is 0.198 e. The van der Waals surface area contributed by atoms with Gasteiger partial charge in [-0.2, -0.15) is 0 Å². The SMILES string of the molecule is Cc1cc2c(cc1N1c3cc4c(cc3[B]c3c(-c5cccc6c5Nc5ccccc5O6)cc(N(c5ccccc5)c5ccccc5)cc31)Oc1ccccc1C4(C)C)C(C)(C)CCC2(C)C. The Morgan fingerprint density at radius 3 is 1.83 bits per heavy atom. The molecule has 0 saturated carbocycles. The average Bonchev–Trinajstić information content (AvgIpc) is 3.32. The highest BCUT2D eigenvalue weighted by Gasteiger charge is 2.41. The number of aryl methyl sites for hydroxylation is 1. The highest BCUT2D eigenvalue weighted by atomic mass is 16.5. The van der Waals surface area contributed by atoms with Gasteiger partial charge < -0.3 is 24.6 Å². The molecule has 0 fully saturated rings. The van der Waals surface area contributed by atoms with E-state index in [1.165, 1.54) is 33.5 Å². The third-order valence-electron chi connectivity index (χ3n) is 14.9. The van der Waals surface area contributed by atoms with Crippen molar-refractivity contribution in [1.29, 1.82) is 0 Å². The lowest BCUT2D eigenvalue weighted by molar-refractivity contribution is 0.332. The first-order chi connectivity index (χ1) is 31.9. The van der Waals surface area contributed by atoms with Crippen molar-refractivity contribution < 1.29 is 9.47 Å². The van der Waals surface area contributed by atoms with Crippen LogP contribution in [0.5, 0.6) is 23.0 Å². The molecule has 0 unspecified atom stereocenters. The summed E-state index contributed by atoms with van der Waals surface area (Å²) >= 11 is 0. The van der Waals surface area contributed by atoms with Crippen molar-refractivity contribution in [2.45, 2.75) is 77.6 Å². The van der Waals surface area contributed by atoms with Crippen LogP contribution in [0.2, 0.25) is 0 Å². The van der Waals surface area contributed by atoms with Gasteiger partial charge in [0.05, 0.1) is 11.4 Å². The van der Waals surface area contributed by atoms with Crippen molar-refractivity contribution in [3.8, 4) is 34.1 Å². The quantitative estimate of drug-likeness (QED) is 0.175. The Hall–Kier alpha value is -7.18. The molecule has 66 heavy (non-hydrogen) atoms. The van der Waals surface area contributed by atoms with Crippen LogP contribution in [0.4, 0.5) is 45.5 Å². The fourth-order valence-electron chi connectivity index (χ4n) is 11.1. The van der Waals surface area contributed by atoms with E-state index in [4.69, 9.17) is 9.47 Å². The lowest BCUT2D eigenvalue weighted by atomic mass is 9.57. The van der Waals surface area contributed by atoms with Gasteiger partial charge >= 0.3 is 0 Å². The third-order valence-corrected chi connectivity index (χ3v) is 14.9. The minimum atomic E-state index is -0.308. The number of nitrogens with one attached hydrogen (secondary N) is 1. The summed E-state index contributed by atoms with van der Waals surface area (Å²) < 4.78 is 13.5. The summed E-state index contributed by atoms with van der Waals surface area (Å²) in [4.78, 5) is 4.96. The molecule has 1 radical (unpaired) electrons. The number of nitrogens with zero attached hydrogens (tertiary/aromatic N) is 2. The van der Waals surface area contributed by atoms with Gasteiger partial charge in [0.2, 0.25) is 0 Å². The van der Waals surface area contributed by atoms with Crippen LogP contribution in [0.25, 0.3) is 11.1 Å². The smallest absolute Gasteiger partial charge is 0.198 e. The second-order valence-electron chi connectivity index (χ2n) is 20.4. The van der Waals surface area contributed by atoms with Gasteiger partial charge in [-0.1, -0.05) is 132 Å². The molecule has 4 aliphatic rings. The van der Waals surface area contributed by atoms with Gasteiger partial charge in [-0.25, -0.2) is 0 Å². The summed E-state index contributed by atoms with van der Waals surface area (Å²) in [6.45, 7) is 16.7. The molecule has 1 N–H and O–H groups in total. The highest BCUT2D eigenvalue weighted by Crippen LogP contribution is 2.54. The molecule has 3 heterocycles. The molecule has 8 aromatic rings. The van der Waals surface area contributed by atoms with E-state index in [1.54, 1.807) is 0 Å². The van der Waals surface area contributed by atoms with E-state index in [9.17, 15) is 0 Å². The second kappa shape index (κ2) is 14.7. The van der Waals surface area contributed by atoms with Crippen molar-refractivity contribution in [2.75, 3.05) is 15.1 Å². The first kappa shape index (κ1) is 40.3. The van der Waals surface area contributed by atoms with E-state index in [0.717, 1.165) is 97.7 Å². The number of para-hydroxylation sites is 6. The molecule has 0 aromatic heterocycles. The summed E-state index contributed by atoms with van der Waals surface area (Å²) in [7, 11) is 2.39. The van der Waals surface area contributed by atoms with Crippen LogP contribution in [0.3, 0.4) is 0 Å². The van der Waals surface area contributed by atoms with Crippen molar-refractivity contribution in [3.05, 3.63) is 192 Å². The largest absolute Gasteiger partial charge is 0.457 e. The van der Waals surface area contributed by atoms with Crippen LogP contribution in [0.15, 0.2) is 164 Å². The zero-order valence-corrected chi connectivity index (χ0v) is 38.8. The molecule has 1 aliphatic carbocycles. The summed E-state index contributed by atoms with van der Waals surface area (Å²) in [5.74, 6) is 3.41. The Morgan fingerprint density at radius 1 is 0.500 bits per heavy atom. The van der Waals surface area contributed by atoms with E-state index in [1.807, 2.05) is 12.1 Å². The first-order valence-electron chi connectivity index (χ1n) is 23.4. The molecule has 323 valence electrons. The molecule has 0 spiro atoms. The van der Waals surface area contributed by atoms with E-state index >= 15 is 0 Å². The van der Waals surface area contributed by atoms with Gasteiger partial charge in [-0.15, -0.1) is 0 Å². The number of ether oxygens (including phenoxy) is 2. The summed E-state index contributed by atoms with van der Waals surface area (Å²) in [5, 5.41) is 3.82. The van der Waals surface area contributed by atoms with E-state index in [2.05, 4.69) is 223 Å². The minimum Gasteiger partial charge on any atom is -0.457 e. The molecular formula is C60H53BN3O2. The van der Waals surface area contributed by atoms with Gasteiger partial charge in [0.15, 0.2) is 18.8 Å². The molecule has 5 nitrogen and oxygen atoms in total. The van der Waals surface area contributed by atoms with Crippen LogP contribution in [0.1, 0.15) is 82.2 Å². The predicted octanol–water partition coefficient (Wildman–Crippen LogP) is 15.2. The number of fused-ring (bicyclic) bond motifs is 7. The lowest BCUT2D eigenvalue weighted by Gasteiger charge is -2.44. The molecular weight excluding hydrogens is 805 g/mol. The van der Waals surface area contributed by atoms with Gasteiger partial charge in [-0.3, -0.25) is 0 Å². The van der Waals surface area contributed by atoms with Crippen LogP contribution in [-0.2, 0) is 16.2 Å². The number of rotatable bonds is 5. The number of hydrogen-bond acceptors (Lipinski definition) is 5. The molecule has 0 amide bonds. The average molecular weight is 859 g/mol. The summed E-state index contributed by atoms with van der Waals surface area (Å²) in [6.07, 6.45) is 2.29. The van der Waals surface area contributed by atoms with Crippen molar-refractivity contribution in [3.63, 3.8) is 0 Å². The predicted molar refractivity (Wildman–Crippen MR) is 275 cm³/mol. The van der Waals surface area contributed by atoms with Crippen molar-refractivity contribution >= 4 is 63.7 Å². The fourth-order valence-corrected chi connectivity index (χ4v) is 11.1. The van der Waals surface area contributed by atoms with Crippen molar-refractivity contribution in [1.82, 2.24) is 0 Å². The van der Waals surface area contributed by atoms with Crippen molar-refractivity contribution in [2.24, 2.45) is 0 Å². The van der Waals surface area contributed by atoms with Gasteiger partial charge in [0.1, 0.15) is 11.5 Å². The number of anilines is 8. The minimum absolute atomic E-state index is 0.00571. The second-order valence-corrected chi connectivity index (χ2v) is 20.4. The highest BCUT2D eigenvalue weighted by molar-refractivity contribution is 6.73. The fraction of sp³-hybridized carbons (Fsp3) is 0.200. The molecule has 0 saturated heterocycles.